The quantitative estimate of drug-likeness (QED) is 0.325. The second kappa shape index (κ2) is 13.7. The zero-order valence-electron chi connectivity index (χ0n) is 18.0. The van der Waals surface area contributed by atoms with Gasteiger partial charge in [-0.15, -0.1) is 12.4 Å². The minimum absolute atomic E-state index is 0. The Morgan fingerprint density at radius 2 is 1.31 bits per heavy atom. The molecule has 0 saturated carbocycles. The summed E-state index contributed by atoms with van der Waals surface area (Å²) < 4.78 is 0. The van der Waals surface area contributed by atoms with Crippen molar-refractivity contribution in [3.63, 3.8) is 0 Å². The fourth-order valence-corrected chi connectivity index (χ4v) is 2.57. The van der Waals surface area contributed by atoms with Gasteiger partial charge in [-0.2, -0.15) is 0 Å². The number of halogens is 3. The maximum Gasteiger partial charge on any atom is 0.252 e. The third-order valence-electron chi connectivity index (χ3n) is 3.99. The van der Waals surface area contributed by atoms with Crippen LogP contribution in [0, 0.1) is 27.7 Å². The summed E-state index contributed by atoms with van der Waals surface area (Å²) in [6, 6.07) is 10.7. The Kier molecular flexibility index (Phi) is 14.1. The molecule has 29 heavy (non-hydrogen) atoms. The first kappa shape index (κ1) is 29.8. The predicted molar refractivity (Wildman–Crippen MR) is 127 cm³/mol. The number of aryl methyl sites for hydroxylation is 2. The number of carbonyl (C=O) groups excluding carboxylic acids is 2. The summed E-state index contributed by atoms with van der Waals surface area (Å²) in [4.78, 5) is 21.5. The lowest BCUT2D eigenvalue weighted by molar-refractivity contribution is 0.107. The first-order chi connectivity index (χ1) is 12.8. The third kappa shape index (κ3) is 11.4. The summed E-state index contributed by atoms with van der Waals surface area (Å²) in [5.74, 6) is 5.06. The molecule has 7 heteroatoms. The predicted octanol–water partition coefficient (Wildman–Crippen LogP) is 6.03. The van der Waals surface area contributed by atoms with Crippen LogP contribution in [0.2, 0.25) is 0 Å². The van der Waals surface area contributed by atoms with Crippen molar-refractivity contribution in [3.05, 3.63) is 69.8 Å². The number of nitrogens with one attached hydrogen (secondary N) is 1. The Balaban J connectivity index is 0. The SMILES string of the molecule is CC(C)(C)NN.Cc1cc(C)c(C(=O)Cl)c(C)c1C.Cl.O=C(Cl)c1ccccc1. The highest BCUT2D eigenvalue weighted by Crippen LogP contribution is 2.22. The molecule has 0 unspecified atom stereocenters. The number of hydrogen-bond donors (Lipinski definition) is 2. The molecule has 2 rings (SSSR count). The summed E-state index contributed by atoms with van der Waals surface area (Å²) in [6.45, 7) is 13.9. The van der Waals surface area contributed by atoms with E-state index in [2.05, 4.69) is 5.43 Å². The molecule has 0 aliphatic rings. The lowest BCUT2D eigenvalue weighted by atomic mass is 9.95. The van der Waals surface area contributed by atoms with E-state index in [1.54, 1.807) is 24.3 Å². The number of hydrazine groups is 1. The second-order valence-corrected chi connectivity index (χ2v) is 8.13. The number of nitrogens with two attached hydrogens (primary N) is 1. The van der Waals surface area contributed by atoms with Crippen molar-refractivity contribution in [2.24, 2.45) is 5.84 Å². The van der Waals surface area contributed by atoms with Gasteiger partial charge in [-0.1, -0.05) is 36.4 Å². The third-order valence-corrected chi connectivity index (χ3v) is 4.39. The topological polar surface area (TPSA) is 72.2 Å². The van der Waals surface area contributed by atoms with Gasteiger partial charge in [0, 0.05) is 16.7 Å². The van der Waals surface area contributed by atoms with Gasteiger partial charge < -0.3 is 0 Å². The Morgan fingerprint density at radius 1 is 0.862 bits per heavy atom. The van der Waals surface area contributed by atoms with Crippen LogP contribution in [0.5, 0.6) is 0 Å². The molecule has 0 aliphatic carbocycles. The van der Waals surface area contributed by atoms with Gasteiger partial charge in [0.2, 0.25) is 0 Å². The number of carbonyl (C=O) groups is 2. The van der Waals surface area contributed by atoms with Gasteiger partial charge in [0.05, 0.1) is 0 Å². The molecule has 3 N–H and O–H groups in total. The largest absolute Gasteiger partial charge is 0.276 e. The van der Waals surface area contributed by atoms with E-state index in [0.29, 0.717) is 11.1 Å². The van der Waals surface area contributed by atoms with E-state index in [1.165, 1.54) is 5.56 Å². The van der Waals surface area contributed by atoms with Crippen molar-refractivity contribution in [1.82, 2.24) is 5.43 Å². The standard InChI is InChI=1S/C11H13ClO.C7H5ClO.C4H12N2.ClH/c1-6-5-7(2)10(11(12)13)9(4)8(6)3;8-7(9)6-4-2-1-3-5-6;1-4(2,3)6-5;/h5H,1-4H3;1-5H;6H,5H2,1-3H3;1H. The zero-order chi connectivity index (χ0) is 22.1. The molecule has 0 fully saturated rings. The van der Waals surface area contributed by atoms with Crippen molar-refractivity contribution in [1.29, 1.82) is 0 Å². The normalized spacial score (nSPS) is 9.86. The van der Waals surface area contributed by atoms with Crippen LogP contribution in [0.4, 0.5) is 0 Å². The molecule has 162 valence electrons. The van der Waals surface area contributed by atoms with Gasteiger partial charge in [-0.05, 0) is 93.9 Å². The Bertz CT molecular complexity index is 802. The van der Waals surface area contributed by atoms with Crippen molar-refractivity contribution >= 4 is 46.1 Å². The molecule has 0 saturated heterocycles. The van der Waals surface area contributed by atoms with Gasteiger partial charge in [0.15, 0.2) is 0 Å². The van der Waals surface area contributed by atoms with Crippen LogP contribution in [0.25, 0.3) is 0 Å². The van der Waals surface area contributed by atoms with E-state index >= 15 is 0 Å². The molecule has 0 amide bonds. The van der Waals surface area contributed by atoms with Crippen LogP contribution in [-0.2, 0) is 0 Å². The molecule has 2 aromatic rings. The lowest BCUT2D eigenvalue weighted by Crippen LogP contribution is -2.41. The summed E-state index contributed by atoms with van der Waals surface area (Å²) in [7, 11) is 0. The van der Waals surface area contributed by atoms with Crippen molar-refractivity contribution in [3.8, 4) is 0 Å². The summed E-state index contributed by atoms with van der Waals surface area (Å²) in [5, 5.41) is -0.770. The molecule has 0 atom stereocenters. The van der Waals surface area contributed by atoms with E-state index in [9.17, 15) is 9.59 Å². The molecule has 0 radical (unpaired) electrons. The van der Waals surface area contributed by atoms with E-state index in [-0.39, 0.29) is 23.2 Å². The van der Waals surface area contributed by atoms with Crippen LogP contribution in [0.15, 0.2) is 36.4 Å². The van der Waals surface area contributed by atoms with Gasteiger partial charge in [-0.3, -0.25) is 20.9 Å². The average Bonchev–Trinajstić information content (AvgIpc) is 2.60. The van der Waals surface area contributed by atoms with Gasteiger partial charge in [-0.25, -0.2) is 0 Å². The monoisotopic (exact) mass is 460 g/mol. The fraction of sp³-hybridized carbons (Fsp3) is 0.364. The first-order valence-corrected chi connectivity index (χ1v) is 9.57. The maximum atomic E-state index is 11.1. The maximum absolute atomic E-state index is 11.1. The Labute approximate surface area is 190 Å². The smallest absolute Gasteiger partial charge is 0.252 e. The Morgan fingerprint density at radius 3 is 1.62 bits per heavy atom. The molecule has 0 aliphatic heterocycles. The highest BCUT2D eigenvalue weighted by Gasteiger charge is 2.12. The number of benzene rings is 2. The van der Waals surface area contributed by atoms with Crippen LogP contribution >= 0.6 is 35.6 Å². The highest BCUT2D eigenvalue weighted by atomic mass is 35.5. The minimum atomic E-state index is -0.407. The van der Waals surface area contributed by atoms with E-state index in [1.807, 2.05) is 60.6 Å². The first-order valence-electron chi connectivity index (χ1n) is 8.81. The number of hydrogen-bond acceptors (Lipinski definition) is 4. The lowest BCUT2D eigenvalue weighted by Gasteiger charge is -2.14. The summed E-state index contributed by atoms with van der Waals surface area (Å²) >= 11 is 10.7. The summed E-state index contributed by atoms with van der Waals surface area (Å²) in [6.07, 6.45) is 0. The number of rotatable bonds is 2. The fourth-order valence-electron chi connectivity index (χ4n) is 2.16. The zero-order valence-corrected chi connectivity index (χ0v) is 20.4. The van der Waals surface area contributed by atoms with Crippen molar-refractivity contribution < 1.29 is 9.59 Å². The van der Waals surface area contributed by atoms with E-state index in [4.69, 9.17) is 29.0 Å². The molecular formula is C22H31Cl3N2O2. The van der Waals surface area contributed by atoms with E-state index < -0.39 is 5.24 Å². The van der Waals surface area contributed by atoms with Gasteiger partial charge >= 0.3 is 0 Å². The van der Waals surface area contributed by atoms with Gasteiger partial charge in [0.1, 0.15) is 0 Å². The van der Waals surface area contributed by atoms with E-state index in [0.717, 1.165) is 16.7 Å². The highest BCUT2D eigenvalue weighted by molar-refractivity contribution is 6.68. The van der Waals surface area contributed by atoms with Crippen LogP contribution in [-0.4, -0.2) is 16.0 Å². The molecule has 4 nitrogen and oxygen atoms in total. The second-order valence-electron chi connectivity index (χ2n) is 7.44. The molecule has 0 heterocycles. The molecule has 2 aromatic carbocycles. The van der Waals surface area contributed by atoms with Crippen LogP contribution in [0.1, 0.15) is 63.7 Å². The van der Waals surface area contributed by atoms with Crippen molar-refractivity contribution in [2.45, 2.75) is 54.0 Å². The van der Waals surface area contributed by atoms with Crippen LogP contribution in [0.3, 0.4) is 0 Å². The van der Waals surface area contributed by atoms with Crippen LogP contribution < -0.4 is 11.3 Å². The Hall–Kier alpha value is -1.43. The molecule has 0 bridgehead atoms. The molecular weight excluding hydrogens is 431 g/mol. The van der Waals surface area contributed by atoms with Gasteiger partial charge in [0.25, 0.3) is 10.5 Å². The molecule has 0 aromatic heterocycles. The summed E-state index contributed by atoms with van der Waals surface area (Å²) in [5.41, 5.74) is 8.18. The van der Waals surface area contributed by atoms with Crippen molar-refractivity contribution in [2.75, 3.05) is 0 Å². The molecule has 0 spiro atoms. The average molecular weight is 462 g/mol. The minimum Gasteiger partial charge on any atom is -0.276 e.